The van der Waals surface area contributed by atoms with Gasteiger partial charge in [0, 0.05) is 18.1 Å². The summed E-state index contributed by atoms with van der Waals surface area (Å²) >= 11 is 6.08. The minimum atomic E-state index is -1.04. The topological polar surface area (TPSA) is 80.2 Å². The number of rotatable bonds is 3. The number of carbonyl (C=O) groups excluding carboxylic acids is 2. The van der Waals surface area contributed by atoms with Crippen molar-refractivity contribution in [2.75, 3.05) is 32.9 Å². The first kappa shape index (κ1) is 17.7. The van der Waals surface area contributed by atoms with Crippen molar-refractivity contribution in [2.45, 2.75) is 13.0 Å². The second-order valence-corrected chi connectivity index (χ2v) is 6.21. The van der Waals surface area contributed by atoms with Crippen LogP contribution in [0.25, 0.3) is 0 Å². The lowest BCUT2D eigenvalue weighted by molar-refractivity contribution is -0.153. The van der Waals surface area contributed by atoms with Crippen molar-refractivity contribution in [3.63, 3.8) is 0 Å². The molecule has 2 aliphatic heterocycles. The summed E-state index contributed by atoms with van der Waals surface area (Å²) in [6.07, 6.45) is 0. The molecular formula is C17H20ClN3O4. The highest BCUT2D eigenvalue weighted by atomic mass is 35.5. The van der Waals surface area contributed by atoms with Gasteiger partial charge in [0.15, 0.2) is 5.92 Å². The first-order chi connectivity index (χ1) is 12.1. The van der Waals surface area contributed by atoms with Crippen LogP contribution in [0.5, 0.6) is 0 Å². The van der Waals surface area contributed by atoms with Crippen molar-refractivity contribution >= 4 is 29.4 Å². The number of nitrogens with zero attached hydrogens (tertiary/aromatic N) is 2. The highest BCUT2D eigenvalue weighted by molar-refractivity contribution is 6.30. The lowest BCUT2D eigenvalue weighted by atomic mass is 9.91. The summed E-state index contributed by atoms with van der Waals surface area (Å²) in [6.45, 7) is 4.30. The van der Waals surface area contributed by atoms with Crippen LogP contribution in [-0.2, 0) is 19.1 Å². The maximum atomic E-state index is 12.6. The number of esters is 1. The zero-order valence-electron chi connectivity index (χ0n) is 13.9. The van der Waals surface area contributed by atoms with Crippen LogP contribution in [0.4, 0.5) is 0 Å². The maximum absolute atomic E-state index is 12.6. The zero-order valence-corrected chi connectivity index (χ0v) is 14.7. The second-order valence-electron chi connectivity index (χ2n) is 5.77. The Morgan fingerprint density at radius 1 is 1.44 bits per heavy atom. The highest BCUT2D eigenvalue weighted by Gasteiger charge is 2.42. The molecule has 134 valence electrons. The SMILES string of the molecule is CCOC(=O)C1C(=O)NC(N2CCOCC2)=NC1c1cccc(Cl)c1. The van der Waals surface area contributed by atoms with Gasteiger partial charge in [-0.1, -0.05) is 23.7 Å². The number of hydrogen-bond acceptors (Lipinski definition) is 6. The van der Waals surface area contributed by atoms with Crippen molar-refractivity contribution in [1.29, 1.82) is 0 Å². The van der Waals surface area contributed by atoms with E-state index in [0.717, 1.165) is 0 Å². The summed E-state index contributed by atoms with van der Waals surface area (Å²) in [5.74, 6) is -1.59. The second kappa shape index (κ2) is 7.84. The van der Waals surface area contributed by atoms with Crippen molar-refractivity contribution in [3.8, 4) is 0 Å². The molecule has 0 bridgehead atoms. The number of halogens is 1. The fraction of sp³-hybridized carbons (Fsp3) is 0.471. The molecule has 1 saturated heterocycles. The van der Waals surface area contributed by atoms with Crippen LogP contribution in [0.15, 0.2) is 29.3 Å². The minimum absolute atomic E-state index is 0.199. The lowest BCUT2D eigenvalue weighted by Gasteiger charge is -2.35. The fourth-order valence-corrected chi connectivity index (χ4v) is 3.13. The molecule has 0 radical (unpaired) electrons. The van der Waals surface area contributed by atoms with Crippen LogP contribution in [-0.4, -0.2) is 55.6 Å². The smallest absolute Gasteiger partial charge is 0.321 e. The Balaban J connectivity index is 1.97. The molecule has 0 aromatic heterocycles. The number of morpholine rings is 1. The maximum Gasteiger partial charge on any atom is 0.321 e. The molecule has 1 N–H and O–H groups in total. The Kier molecular flexibility index (Phi) is 5.55. The van der Waals surface area contributed by atoms with E-state index in [-0.39, 0.29) is 6.61 Å². The average Bonchev–Trinajstić information content (AvgIpc) is 2.62. The predicted octanol–water partition coefficient (Wildman–Crippen LogP) is 1.38. The van der Waals surface area contributed by atoms with Gasteiger partial charge in [-0.05, 0) is 24.6 Å². The first-order valence-electron chi connectivity index (χ1n) is 8.23. The molecule has 8 heteroatoms. The summed E-state index contributed by atoms with van der Waals surface area (Å²) < 4.78 is 10.4. The molecule has 1 aromatic carbocycles. The van der Waals surface area contributed by atoms with Crippen LogP contribution in [0.2, 0.25) is 5.02 Å². The molecule has 0 spiro atoms. The average molecular weight is 366 g/mol. The standard InChI is InChI=1S/C17H20ClN3O4/c1-2-25-16(23)13-14(11-4-3-5-12(18)10-11)19-17(20-15(13)22)21-6-8-24-9-7-21/h3-5,10,13-14H,2,6-9H2,1H3,(H,19,20,22). The van der Waals surface area contributed by atoms with Gasteiger partial charge in [0.05, 0.1) is 19.8 Å². The highest BCUT2D eigenvalue weighted by Crippen LogP contribution is 2.32. The molecule has 0 saturated carbocycles. The van der Waals surface area contributed by atoms with Crippen LogP contribution < -0.4 is 5.32 Å². The van der Waals surface area contributed by atoms with Crippen molar-refractivity contribution in [1.82, 2.24) is 10.2 Å². The molecular weight excluding hydrogens is 346 g/mol. The van der Waals surface area contributed by atoms with E-state index in [2.05, 4.69) is 10.3 Å². The third kappa shape index (κ3) is 3.93. The minimum Gasteiger partial charge on any atom is -0.465 e. The van der Waals surface area contributed by atoms with Crippen LogP contribution in [0, 0.1) is 5.92 Å². The van der Waals surface area contributed by atoms with Gasteiger partial charge in [0.1, 0.15) is 6.04 Å². The van der Waals surface area contributed by atoms with E-state index in [4.69, 9.17) is 21.1 Å². The molecule has 2 heterocycles. The molecule has 1 fully saturated rings. The Morgan fingerprint density at radius 3 is 2.88 bits per heavy atom. The van der Waals surface area contributed by atoms with Crippen LogP contribution in [0.1, 0.15) is 18.5 Å². The van der Waals surface area contributed by atoms with E-state index >= 15 is 0 Å². The summed E-state index contributed by atoms with van der Waals surface area (Å²) in [5.41, 5.74) is 0.700. The summed E-state index contributed by atoms with van der Waals surface area (Å²) in [6, 6.07) is 6.36. The molecule has 1 aromatic rings. The largest absolute Gasteiger partial charge is 0.465 e. The number of carbonyl (C=O) groups is 2. The Labute approximate surface area is 150 Å². The summed E-state index contributed by atoms with van der Waals surface area (Å²) in [5, 5.41) is 3.26. The van der Waals surface area contributed by atoms with Gasteiger partial charge < -0.3 is 14.4 Å². The monoisotopic (exact) mass is 365 g/mol. The molecule has 2 unspecified atom stereocenters. The fourth-order valence-electron chi connectivity index (χ4n) is 2.93. The number of guanidine groups is 1. The van der Waals surface area contributed by atoms with Gasteiger partial charge in [-0.3, -0.25) is 14.9 Å². The number of ether oxygens (including phenoxy) is 2. The van der Waals surface area contributed by atoms with E-state index in [1.807, 2.05) is 11.0 Å². The summed E-state index contributed by atoms with van der Waals surface area (Å²) in [4.78, 5) is 31.6. The van der Waals surface area contributed by atoms with E-state index < -0.39 is 23.8 Å². The molecule has 2 atom stereocenters. The van der Waals surface area contributed by atoms with Gasteiger partial charge in [0.2, 0.25) is 11.9 Å². The van der Waals surface area contributed by atoms with Crippen molar-refractivity contribution < 1.29 is 19.1 Å². The van der Waals surface area contributed by atoms with E-state index in [0.29, 0.717) is 42.8 Å². The third-order valence-corrected chi connectivity index (χ3v) is 4.37. The number of nitrogens with one attached hydrogen (secondary N) is 1. The molecule has 7 nitrogen and oxygen atoms in total. The van der Waals surface area contributed by atoms with Crippen LogP contribution in [0.3, 0.4) is 0 Å². The van der Waals surface area contributed by atoms with Gasteiger partial charge in [0.25, 0.3) is 0 Å². The summed E-state index contributed by atoms with van der Waals surface area (Å²) in [7, 11) is 0. The van der Waals surface area contributed by atoms with Crippen molar-refractivity contribution in [3.05, 3.63) is 34.9 Å². The van der Waals surface area contributed by atoms with Gasteiger partial charge >= 0.3 is 5.97 Å². The Hall–Kier alpha value is -2.12. The third-order valence-electron chi connectivity index (χ3n) is 4.14. The Bertz CT molecular complexity index is 688. The van der Waals surface area contributed by atoms with Gasteiger partial charge in [-0.2, -0.15) is 0 Å². The van der Waals surface area contributed by atoms with E-state index in [9.17, 15) is 9.59 Å². The van der Waals surface area contributed by atoms with E-state index in [1.54, 1.807) is 25.1 Å². The zero-order chi connectivity index (χ0) is 17.8. The lowest BCUT2D eigenvalue weighted by Crippen LogP contribution is -2.55. The van der Waals surface area contributed by atoms with Gasteiger partial charge in [-0.25, -0.2) is 4.99 Å². The molecule has 1 amide bonds. The number of benzene rings is 1. The van der Waals surface area contributed by atoms with Gasteiger partial charge in [-0.15, -0.1) is 0 Å². The number of hydrogen-bond donors (Lipinski definition) is 1. The molecule has 0 aliphatic carbocycles. The number of amides is 1. The normalized spacial score (nSPS) is 23.7. The Morgan fingerprint density at radius 2 is 2.20 bits per heavy atom. The molecule has 2 aliphatic rings. The molecule has 3 rings (SSSR count). The van der Waals surface area contributed by atoms with Crippen molar-refractivity contribution in [2.24, 2.45) is 10.9 Å². The predicted molar refractivity (Wildman–Crippen MR) is 92.3 cm³/mol. The number of aliphatic imine (C=N–C) groups is 1. The molecule has 25 heavy (non-hydrogen) atoms. The first-order valence-corrected chi connectivity index (χ1v) is 8.61. The van der Waals surface area contributed by atoms with E-state index in [1.165, 1.54) is 0 Å². The van der Waals surface area contributed by atoms with Crippen LogP contribution >= 0.6 is 11.6 Å². The quantitative estimate of drug-likeness (QED) is 0.646.